The topological polar surface area (TPSA) is 55.6 Å². The van der Waals surface area contributed by atoms with Gasteiger partial charge < -0.3 is 4.74 Å². The third-order valence-corrected chi connectivity index (χ3v) is 3.21. The average molecular weight is 264 g/mol. The first-order chi connectivity index (χ1) is 8.95. The molecule has 0 unspecified atom stereocenters. The van der Waals surface area contributed by atoms with Gasteiger partial charge in [-0.1, -0.05) is 26.0 Å². The second-order valence-electron chi connectivity index (χ2n) is 5.08. The van der Waals surface area contributed by atoms with Crippen LogP contribution in [0.1, 0.15) is 43.7 Å². The number of hydrogen-bond donors (Lipinski definition) is 1. The molecule has 0 aliphatic heterocycles. The minimum Gasteiger partial charge on any atom is -0.496 e. The molecule has 0 heterocycles. The predicted molar refractivity (Wildman–Crippen MR) is 77.0 cm³/mol. The van der Waals surface area contributed by atoms with E-state index in [0.29, 0.717) is 12.3 Å². The smallest absolute Gasteiger partial charge is 0.236 e. The number of methoxy groups -OCH3 is 1. The maximum Gasteiger partial charge on any atom is 0.236 e. The predicted octanol–water partition coefficient (Wildman–Crippen LogP) is 2.47. The number of nitrogens with two attached hydrogens (primary N) is 1. The van der Waals surface area contributed by atoms with Crippen LogP contribution in [0.3, 0.4) is 0 Å². The summed E-state index contributed by atoms with van der Waals surface area (Å²) in [7, 11) is 3.25. The fourth-order valence-corrected chi connectivity index (χ4v) is 1.93. The molecule has 1 rings (SSSR count). The number of rotatable bonds is 6. The number of aryl methyl sites for hydroxylation is 1. The molecule has 4 nitrogen and oxygen atoms in total. The third-order valence-electron chi connectivity index (χ3n) is 3.21. The van der Waals surface area contributed by atoms with Crippen LogP contribution in [-0.4, -0.2) is 25.1 Å². The molecule has 0 saturated carbocycles. The molecule has 1 amide bonds. The fourth-order valence-electron chi connectivity index (χ4n) is 1.93. The molecule has 0 atom stereocenters. The highest BCUT2D eigenvalue weighted by molar-refractivity contribution is 5.75. The zero-order valence-corrected chi connectivity index (χ0v) is 12.3. The first-order valence-electron chi connectivity index (χ1n) is 6.63. The van der Waals surface area contributed by atoms with Crippen LogP contribution in [0.2, 0.25) is 0 Å². The maximum absolute atomic E-state index is 11.4. The van der Waals surface area contributed by atoms with Crippen LogP contribution in [0.4, 0.5) is 0 Å². The number of hydrogen-bond acceptors (Lipinski definition) is 3. The standard InChI is InChI=1S/C15H24N2O2/c1-11(2)13-9-8-12(14(10-13)19-4)6-5-7-15(18)17(3)16/h8-11H,5-7,16H2,1-4H3. The molecule has 19 heavy (non-hydrogen) atoms. The molecule has 0 radical (unpaired) electrons. The van der Waals surface area contributed by atoms with E-state index in [1.165, 1.54) is 5.56 Å². The zero-order chi connectivity index (χ0) is 14.4. The normalized spacial score (nSPS) is 10.6. The van der Waals surface area contributed by atoms with Crippen molar-refractivity contribution in [1.82, 2.24) is 5.01 Å². The van der Waals surface area contributed by atoms with Crippen LogP contribution in [-0.2, 0) is 11.2 Å². The summed E-state index contributed by atoms with van der Waals surface area (Å²) in [6, 6.07) is 6.29. The van der Waals surface area contributed by atoms with Gasteiger partial charge in [0.1, 0.15) is 5.75 Å². The average Bonchev–Trinajstić information content (AvgIpc) is 2.38. The van der Waals surface area contributed by atoms with Crippen LogP contribution < -0.4 is 10.6 Å². The minimum atomic E-state index is -0.0437. The van der Waals surface area contributed by atoms with Crippen molar-refractivity contribution in [3.05, 3.63) is 29.3 Å². The number of carbonyl (C=O) groups is 1. The molecule has 0 aliphatic carbocycles. The van der Waals surface area contributed by atoms with Gasteiger partial charge >= 0.3 is 0 Å². The Kier molecular flexibility index (Phi) is 5.83. The van der Waals surface area contributed by atoms with Crippen molar-refractivity contribution in [3.63, 3.8) is 0 Å². The Morgan fingerprint density at radius 1 is 1.42 bits per heavy atom. The highest BCUT2D eigenvalue weighted by Gasteiger charge is 2.09. The molecule has 0 spiro atoms. The Bertz CT molecular complexity index is 428. The van der Waals surface area contributed by atoms with E-state index in [2.05, 4.69) is 32.0 Å². The van der Waals surface area contributed by atoms with E-state index >= 15 is 0 Å². The van der Waals surface area contributed by atoms with Crippen LogP contribution >= 0.6 is 0 Å². The fraction of sp³-hybridized carbons (Fsp3) is 0.533. The Hall–Kier alpha value is -1.55. The Labute approximate surface area is 115 Å². The molecule has 1 aromatic rings. The lowest BCUT2D eigenvalue weighted by atomic mass is 9.98. The van der Waals surface area contributed by atoms with Crippen LogP contribution in [0.25, 0.3) is 0 Å². The second-order valence-corrected chi connectivity index (χ2v) is 5.08. The van der Waals surface area contributed by atoms with E-state index in [1.54, 1.807) is 14.2 Å². The van der Waals surface area contributed by atoms with Crippen molar-refractivity contribution in [1.29, 1.82) is 0 Å². The van der Waals surface area contributed by atoms with E-state index in [-0.39, 0.29) is 5.91 Å². The quantitative estimate of drug-likeness (QED) is 0.488. The summed E-state index contributed by atoms with van der Waals surface area (Å²) in [6.07, 6.45) is 2.06. The van der Waals surface area contributed by atoms with Crippen LogP contribution in [0.5, 0.6) is 5.75 Å². The summed E-state index contributed by atoms with van der Waals surface area (Å²) < 4.78 is 5.42. The summed E-state index contributed by atoms with van der Waals surface area (Å²) in [5.41, 5.74) is 2.40. The van der Waals surface area contributed by atoms with Gasteiger partial charge in [-0.3, -0.25) is 9.80 Å². The van der Waals surface area contributed by atoms with E-state index in [9.17, 15) is 4.79 Å². The van der Waals surface area contributed by atoms with Crippen LogP contribution in [0, 0.1) is 0 Å². The summed E-state index contributed by atoms with van der Waals surface area (Å²) in [4.78, 5) is 11.4. The number of carbonyl (C=O) groups excluding carboxylic acids is 1. The van der Waals surface area contributed by atoms with Crippen molar-refractivity contribution in [2.45, 2.75) is 39.0 Å². The monoisotopic (exact) mass is 264 g/mol. The van der Waals surface area contributed by atoms with Gasteiger partial charge in [-0.2, -0.15) is 0 Å². The lowest BCUT2D eigenvalue weighted by Gasteiger charge is -2.13. The molecule has 0 fully saturated rings. The number of ether oxygens (including phenoxy) is 1. The lowest BCUT2D eigenvalue weighted by Crippen LogP contribution is -2.32. The molecule has 0 bridgehead atoms. The van der Waals surface area contributed by atoms with Crippen molar-refractivity contribution in [3.8, 4) is 5.75 Å². The van der Waals surface area contributed by atoms with Gasteiger partial charge in [-0.05, 0) is 36.0 Å². The van der Waals surface area contributed by atoms with Gasteiger partial charge in [0.05, 0.1) is 7.11 Å². The molecular weight excluding hydrogens is 240 g/mol. The molecule has 4 heteroatoms. The molecule has 106 valence electrons. The van der Waals surface area contributed by atoms with Gasteiger partial charge in [0.15, 0.2) is 0 Å². The number of hydrazine groups is 1. The number of nitrogens with zero attached hydrogens (tertiary/aromatic N) is 1. The van der Waals surface area contributed by atoms with Crippen LogP contribution in [0.15, 0.2) is 18.2 Å². The van der Waals surface area contributed by atoms with E-state index < -0.39 is 0 Å². The highest BCUT2D eigenvalue weighted by atomic mass is 16.5. The third kappa shape index (κ3) is 4.56. The van der Waals surface area contributed by atoms with Gasteiger partial charge in [0.25, 0.3) is 0 Å². The van der Waals surface area contributed by atoms with Crippen molar-refractivity contribution >= 4 is 5.91 Å². The molecule has 0 saturated heterocycles. The minimum absolute atomic E-state index is 0.0437. The summed E-state index contributed by atoms with van der Waals surface area (Å²) in [5.74, 6) is 6.72. The van der Waals surface area contributed by atoms with Gasteiger partial charge in [-0.25, -0.2) is 5.84 Å². The van der Waals surface area contributed by atoms with Crippen molar-refractivity contribution in [2.24, 2.45) is 5.84 Å². The molecule has 0 aliphatic rings. The van der Waals surface area contributed by atoms with Crippen molar-refractivity contribution in [2.75, 3.05) is 14.2 Å². The number of amides is 1. The van der Waals surface area contributed by atoms with E-state index in [0.717, 1.165) is 29.2 Å². The summed E-state index contributed by atoms with van der Waals surface area (Å²) in [6.45, 7) is 4.31. The first kappa shape index (κ1) is 15.5. The summed E-state index contributed by atoms with van der Waals surface area (Å²) >= 11 is 0. The Balaban J connectivity index is 2.65. The second kappa shape index (κ2) is 7.14. The van der Waals surface area contributed by atoms with E-state index in [1.807, 2.05) is 0 Å². The number of benzene rings is 1. The summed E-state index contributed by atoms with van der Waals surface area (Å²) in [5, 5.41) is 1.14. The molecule has 2 N–H and O–H groups in total. The van der Waals surface area contributed by atoms with E-state index in [4.69, 9.17) is 10.6 Å². The largest absolute Gasteiger partial charge is 0.496 e. The molecule has 0 aromatic heterocycles. The molecule has 1 aromatic carbocycles. The first-order valence-corrected chi connectivity index (χ1v) is 6.63. The zero-order valence-electron chi connectivity index (χ0n) is 12.3. The van der Waals surface area contributed by atoms with Gasteiger partial charge in [0.2, 0.25) is 5.91 Å². The van der Waals surface area contributed by atoms with Gasteiger partial charge in [0, 0.05) is 13.5 Å². The Morgan fingerprint density at radius 3 is 2.63 bits per heavy atom. The van der Waals surface area contributed by atoms with Gasteiger partial charge in [-0.15, -0.1) is 0 Å². The highest BCUT2D eigenvalue weighted by Crippen LogP contribution is 2.25. The van der Waals surface area contributed by atoms with Crippen molar-refractivity contribution < 1.29 is 9.53 Å². The SMILES string of the molecule is COc1cc(C(C)C)ccc1CCCC(=O)N(C)N. The Morgan fingerprint density at radius 2 is 2.11 bits per heavy atom. The molecular formula is C15H24N2O2. The maximum atomic E-state index is 11.4. The lowest BCUT2D eigenvalue weighted by molar-refractivity contribution is -0.130.